The number of benzene rings is 3. The fourth-order valence-electron chi connectivity index (χ4n) is 5.22. The molecule has 0 saturated heterocycles. The lowest BCUT2D eigenvalue weighted by Crippen LogP contribution is -2.28. The number of carbonyl (C=O) groups excluding carboxylic acids is 3. The Balaban J connectivity index is 1.83. The number of Topliss-reactive ketones (excluding diaryl/α,β-unsaturated/α-hetero) is 1. The van der Waals surface area contributed by atoms with Crippen molar-refractivity contribution in [3.05, 3.63) is 94.5 Å². The zero-order valence-corrected chi connectivity index (χ0v) is 20.7. The smallest absolute Gasteiger partial charge is 0.305 e. The van der Waals surface area contributed by atoms with Crippen LogP contribution < -0.4 is 0 Å². The summed E-state index contributed by atoms with van der Waals surface area (Å²) in [6, 6.07) is 20.8. The highest BCUT2D eigenvalue weighted by Gasteiger charge is 2.43. The van der Waals surface area contributed by atoms with Gasteiger partial charge >= 0.3 is 11.9 Å². The maximum atomic E-state index is 13.4. The Labute approximate surface area is 210 Å². The minimum atomic E-state index is -0.685. The van der Waals surface area contributed by atoms with Gasteiger partial charge in [0, 0.05) is 29.4 Å². The first-order chi connectivity index (χ1) is 17.3. The fourth-order valence-corrected chi connectivity index (χ4v) is 5.22. The van der Waals surface area contributed by atoms with Gasteiger partial charge < -0.3 is 9.47 Å². The van der Waals surface area contributed by atoms with Gasteiger partial charge in [-0.05, 0) is 53.6 Å². The maximum absolute atomic E-state index is 13.4. The summed E-state index contributed by atoms with van der Waals surface area (Å²) in [5.74, 6) is -1.06. The number of ether oxygens (including phenoxy) is 2. The van der Waals surface area contributed by atoms with Gasteiger partial charge in [-0.1, -0.05) is 60.7 Å². The van der Waals surface area contributed by atoms with Crippen molar-refractivity contribution in [1.82, 2.24) is 0 Å². The average molecular weight is 484 g/mol. The van der Waals surface area contributed by atoms with Crippen LogP contribution in [0.25, 0.3) is 11.1 Å². The van der Waals surface area contributed by atoms with E-state index in [0.717, 1.165) is 27.8 Å². The van der Waals surface area contributed by atoms with Gasteiger partial charge in [-0.25, -0.2) is 0 Å². The molecule has 6 nitrogen and oxygen atoms in total. The van der Waals surface area contributed by atoms with E-state index in [4.69, 9.17) is 14.9 Å². The third kappa shape index (κ3) is 4.47. The van der Waals surface area contributed by atoms with Gasteiger partial charge in [-0.3, -0.25) is 19.8 Å². The molecule has 0 bridgehead atoms. The number of fused-ring (bicyclic) bond motifs is 3. The summed E-state index contributed by atoms with van der Waals surface area (Å²) in [5, 5.41) is 8.59. The van der Waals surface area contributed by atoms with Crippen molar-refractivity contribution in [2.45, 2.75) is 38.0 Å². The minimum Gasteiger partial charge on any atom is -0.469 e. The van der Waals surface area contributed by atoms with Crippen LogP contribution in [-0.4, -0.2) is 37.7 Å². The molecule has 0 saturated carbocycles. The highest BCUT2D eigenvalue weighted by Crippen LogP contribution is 2.54. The van der Waals surface area contributed by atoms with Crippen molar-refractivity contribution < 1.29 is 23.9 Å². The lowest BCUT2D eigenvalue weighted by molar-refractivity contribution is -0.141. The SMILES string of the molecule is COC(=O)CCC1(CCC(=O)OC)c2ccccc2-c2ccc(C(=O)C(=N)c3ccccc3C)cc21. The first-order valence-corrected chi connectivity index (χ1v) is 11.9. The van der Waals surface area contributed by atoms with Crippen LogP contribution in [0, 0.1) is 12.3 Å². The summed E-state index contributed by atoms with van der Waals surface area (Å²) in [5.41, 5.74) is 4.94. The summed E-state index contributed by atoms with van der Waals surface area (Å²) in [6.45, 7) is 1.88. The molecule has 1 N–H and O–H groups in total. The predicted molar refractivity (Wildman–Crippen MR) is 137 cm³/mol. The minimum absolute atomic E-state index is 0.0710. The second-order valence-corrected chi connectivity index (χ2v) is 9.06. The van der Waals surface area contributed by atoms with Crippen LogP contribution in [0.2, 0.25) is 0 Å². The van der Waals surface area contributed by atoms with E-state index in [0.29, 0.717) is 24.0 Å². The number of carbonyl (C=O) groups is 3. The largest absolute Gasteiger partial charge is 0.469 e. The lowest BCUT2D eigenvalue weighted by atomic mass is 9.71. The van der Waals surface area contributed by atoms with E-state index in [1.807, 2.05) is 61.5 Å². The van der Waals surface area contributed by atoms with Crippen LogP contribution in [0.5, 0.6) is 0 Å². The molecule has 0 aliphatic heterocycles. The molecule has 0 atom stereocenters. The molecule has 0 heterocycles. The van der Waals surface area contributed by atoms with E-state index in [-0.39, 0.29) is 36.3 Å². The van der Waals surface area contributed by atoms with Crippen molar-refractivity contribution in [1.29, 1.82) is 5.41 Å². The number of aryl methyl sites for hydroxylation is 1. The topological polar surface area (TPSA) is 93.5 Å². The summed E-state index contributed by atoms with van der Waals surface area (Å²) < 4.78 is 9.84. The summed E-state index contributed by atoms with van der Waals surface area (Å²) in [6.07, 6.45) is 1.13. The molecule has 6 heteroatoms. The number of hydrogen-bond donors (Lipinski definition) is 1. The number of nitrogens with one attached hydrogen (secondary N) is 1. The second-order valence-electron chi connectivity index (χ2n) is 9.06. The van der Waals surface area contributed by atoms with Crippen LogP contribution in [-0.2, 0) is 24.5 Å². The Bertz CT molecular complexity index is 1340. The maximum Gasteiger partial charge on any atom is 0.305 e. The second kappa shape index (κ2) is 10.3. The monoisotopic (exact) mass is 483 g/mol. The molecule has 0 unspecified atom stereocenters. The van der Waals surface area contributed by atoms with E-state index in [1.54, 1.807) is 12.1 Å². The van der Waals surface area contributed by atoms with E-state index in [9.17, 15) is 14.4 Å². The van der Waals surface area contributed by atoms with Crippen LogP contribution in [0.4, 0.5) is 0 Å². The van der Waals surface area contributed by atoms with Gasteiger partial charge in [0.15, 0.2) is 0 Å². The molecular formula is C30H29NO5. The standard InChI is InChI=1S/C30H29NO5/c1-19-8-4-5-9-21(19)28(31)29(34)20-12-13-23-22-10-6-7-11-24(22)30(25(23)18-20,16-14-26(32)35-2)17-15-27(33)36-3/h4-13,18,31H,14-17H2,1-3H3. The molecule has 0 fully saturated rings. The van der Waals surface area contributed by atoms with Gasteiger partial charge in [0.05, 0.1) is 14.2 Å². The molecule has 1 aliphatic carbocycles. The molecule has 0 amide bonds. The van der Waals surface area contributed by atoms with E-state index >= 15 is 0 Å². The van der Waals surface area contributed by atoms with E-state index in [1.165, 1.54) is 14.2 Å². The molecule has 0 radical (unpaired) electrons. The van der Waals surface area contributed by atoms with Crippen molar-refractivity contribution in [3.8, 4) is 11.1 Å². The Morgan fingerprint density at radius 1 is 0.778 bits per heavy atom. The molecule has 0 aromatic heterocycles. The Kier molecular flexibility index (Phi) is 7.15. The quantitative estimate of drug-likeness (QED) is 0.249. The van der Waals surface area contributed by atoms with Gasteiger partial charge in [-0.15, -0.1) is 0 Å². The summed E-state index contributed by atoms with van der Waals surface area (Å²) in [4.78, 5) is 37.8. The molecule has 36 heavy (non-hydrogen) atoms. The molecule has 3 aromatic carbocycles. The van der Waals surface area contributed by atoms with Crippen LogP contribution in [0.3, 0.4) is 0 Å². The summed E-state index contributed by atoms with van der Waals surface area (Å²) in [7, 11) is 2.71. The summed E-state index contributed by atoms with van der Waals surface area (Å²) >= 11 is 0. The van der Waals surface area contributed by atoms with Gasteiger partial charge in [0.1, 0.15) is 5.71 Å². The fraction of sp³-hybridized carbons (Fsp3) is 0.267. The Morgan fingerprint density at radius 3 is 2.00 bits per heavy atom. The van der Waals surface area contributed by atoms with Gasteiger partial charge in [0.25, 0.3) is 0 Å². The van der Waals surface area contributed by atoms with E-state index in [2.05, 4.69) is 0 Å². The molecule has 3 aromatic rings. The van der Waals surface area contributed by atoms with Crippen molar-refractivity contribution >= 4 is 23.4 Å². The van der Waals surface area contributed by atoms with E-state index < -0.39 is 5.41 Å². The normalized spacial score (nSPS) is 12.9. The van der Waals surface area contributed by atoms with Crippen molar-refractivity contribution in [3.63, 3.8) is 0 Å². The van der Waals surface area contributed by atoms with Gasteiger partial charge in [0.2, 0.25) is 5.78 Å². The molecule has 184 valence electrons. The van der Waals surface area contributed by atoms with Crippen molar-refractivity contribution in [2.24, 2.45) is 0 Å². The predicted octanol–water partition coefficient (Wildman–Crippen LogP) is 5.42. The molecule has 0 spiro atoms. The molecule has 4 rings (SSSR count). The van der Waals surface area contributed by atoms with Gasteiger partial charge in [-0.2, -0.15) is 0 Å². The van der Waals surface area contributed by atoms with Crippen molar-refractivity contribution in [2.75, 3.05) is 14.2 Å². The number of hydrogen-bond acceptors (Lipinski definition) is 6. The molecule has 1 aliphatic rings. The zero-order chi connectivity index (χ0) is 25.9. The van der Waals surface area contributed by atoms with Crippen LogP contribution >= 0.6 is 0 Å². The number of methoxy groups -OCH3 is 2. The third-order valence-corrected chi connectivity index (χ3v) is 7.14. The number of esters is 2. The third-order valence-electron chi connectivity index (χ3n) is 7.14. The first kappa shape index (κ1) is 25.0. The first-order valence-electron chi connectivity index (χ1n) is 11.9. The number of rotatable bonds is 9. The average Bonchev–Trinajstić information content (AvgIpc) is 3.19. The molecular weight excluding hydrogens is 454 g/mol. The number of ketones is 1. The highest BCUT2D eigenvalue weighted by atomic mass is 16.5. The Hall–Kier alpha value is -4.06. The zero-order valence-electron chi connectivity index (χ0n) is 20.7. The van der Waals surface area contributed by atoms with Crippen LogP contribution in [0.15, 0.2) is 66.7 Å². The highest BCUT2D eigenvalue weighted by molar-refractivity contribution is 6.50. The Morgan fingerprint density at radius 2 is 1.36 bits per heavy atom. The van der Waals surface area contributed by atoms with Crippen LogP contribution in [0.1, 0.15) is 58.3 Å². The lowest BCUT2D eigenvalue weighted by Gasteiger charge is -2.32.